The second-order valence-corrected chi connectivity index (χ2v) is 6.93. The van der Waals surface area contributed by atoms with Crippen LogP contribution in [-0.2, 0) is 6.54 Å². The SMILES string of the molecule is CCNC(=NCc1ccc2c(c1)OCO2)NC1CCN(C(C)C)CC1.I. The predicted octanol–water partition coefficient (Wildman–Crippen LogP) is 2.96. The molecule has 0 aliphatic carbocycles. The molecule has 6 nitrogen and oxygen atoms in total. The Hall–Kier alpha value is -1.22. The second kappa shape index (κ2) is 10.2. The third-order valence-electron chi connectivity index (χ3n) is 4.80. The first-order chi connectivity index (χ1) is 12.2. The zero-order valence-electron chi connectivity index (χ0n) is 16.0. The minimum absolute atomic E-state index is 0. The van der Waals surface area contributed by atoms with Crippen LogP contribution >= 0.6 is 24.0 Å². The highest BCUT2D eigenvalue weighted by Crippen LogP contribution is 2.32. The van der Waals surface area contributed by atoms with Crippen molar-refractivity contribution in [2.24, 2.45) is 4.99 Å². The number of piperidine rings is 1. The van der Waals surface area contributed by atoms with Crippen LogP contribution in [0.15, 0.2) is 23.2 Å². The van der Waals surface area contributed by atoms with Crippen LogP contribution in [0.5, 0.6) is 11.5 Å². The van der Waals surface area contributed by atoms with E-state index in [9.17, 15) is 0 Å². The molecule has 1 aromatic rings. The van der Waals surface area contributed by atoms with Crippen LogP contribution in [0, 0.1) is 0 Å². The minimum atomic E-state index is 0. The molecule has 0 radical (unpaired) electrons. The fraction of sp³-hybridized carbons (Fsp3) is 0.632. The van der Waals surface area contributed by atoms with Gasteiger partial charge in [0.15, 0.2) is 17.5 Å². The van der Waals surface area contributed by atoms with Crippen LogP contribution in [0.2, 0.25) is 0 Å². The number of benzene rings is 1. The Morgan fingerprint density at radius 1 is 1.23 bits per heavy atom. The number of rotatable bonds is 5. The van der Waals surface area contributed by atoms with E-state index >= 15 is 0 Å². The van der Waals surface area contributed by atoms with Gasteiger partial charge in [-0.2, -0.15) is 0 Å². The highest BCUT2D eigenvalue weighted by Gasteiger charge is 2.21. The maximum Gasteiger partial charge on any atom is 0.231 e. The van der Waals surface area contributed by atoms with Gasteiger partial charge in [0, 0.05) is 31.7 Å². The highest BCUT2D eigenvalue weighted by atomic mass is 127. The average molecular weight is 474 g/mol. The summed E-state index contributed by atoms with van der Waals surface area (Å²) in [5, 5.41) is 6.95. The molecular formula is C19H31IN4O2. The Bertz CT molecular complexity index is 601. The lowest BCUT2D eigenvalue weighted by Crippen LogP contribution is -2.49. The van der Waals surface area contributed by atoms with Crippen molar-refractivity contribution in [1.29, 1.82) is 0 Å². The number of halogens is 1. The molecule has 0 amide bonds. The molecule has 0 unspecified atom stereocenters. The van der Waals surface area contributed by atoms with Crippen LogP contribution in [0.4, 0.5) is 0 Å². The van der Waals surface area contributed by atoms with Gasteiger partial charge in [-0.3, -0.25) is 0 Å². The van der Waals surface area contributed by atoms with Gasteiger partial charge in [-0.25, -0.2) is 4.99 Å². The number of nitrogens with one attached hydrogen (secondary N) is 2. The van der Waals surface area contributed by atoms with Gasteiger partial charge in [0.25, 0.3) is 0 Å². The van der Waals surface area contributed by atoms with Gasteiger partial charge in [-0.15, -0.1) is 24.0 Å². The Balaban J connectivity index is 0.00000243. The molecule has 146 valence electrons. The monoisotopic (exact) mass is 474 g/mol. The number of hydrogen-bond donors (Lipinski definition) is 2. The van der Waals surface area contributed by atoms with Crippen molar-refractivity contribution >= 4 is 29.9 Å². The summed E-state index contributed by atoms with van der Waals surface area (Å²) in [5.41, 5.74) is 1.12. The number of likely N-dealkylation sites (tertiary alicyclic amines) is 1. The van der Waals surface area contributed by atoms with Crippen LogP contribution in [0.1, 0.15) is 39.2 Å². The van der Waals surface area contributed by atoms with E-state index in [0.29, 0.717) is 25.4 Å². The average Bonchev–Trinajstić information content (AvgIpc) is 3.08. The largest absolute Gasteiger partial charge is 0.454 e. The minimum Gasteiger partial charge on any atom is -0.454 e. The molecule has 2 aliphatic rings. The molecule has 0 aromatic heterocycles. The van der Waals surface area contributed by atoms with Crippen LogP contribution in [-0.4, -0.2) is 49.4 Å². The molecule has 1 fully saturated rings. The lowest BCUT2D eigenvalue weighted by Gasteiger charge is -2.35. The summed E-state index contributed by atoms with van der Waals surface area (Å²) in [5.74, 6) is 2.52. The second-order valence-electron chi connectivity index (χ2n) is 6.93. The summed E-state index contributed by atoms with van der Waals surface area (Å²) in [6.07, 6.45) is 2.32. The molecule has 2 heterocycles. The number of nitrogens with zero attached hydrogens (tertiary/aromatic N) is 2. The van der Waals surface area contributed by atoms with Crippen molar-refractivity contribution in [1.82, 2.24) is 15.5 Å². The van der Waals surface area contributed by atoms with Gasteiger partial charge in [0.1, 0.15) is 0 Å². The van der Waals surface area contributed by atoms with E-state index in [1.165, 1.54) is 0 Å². The molecule has 0 bridgehead atoms. The molecule has 1 aromatic carbocycles. The molecule has 1 saturated heterocycles. The topological polar surface area (TPSA) is 58.1 Å². The predicted molar refractivity (Wildman–Crippen MR) is 116 cm³/mol. The summed E-state index contributed by atoms with van der Waals surface area (Å²) < 4.78 is 10.8. The van der Waals surface area contributed by atoms with Gasteiger partial charge in [-0.1, -0.05) is 6.07 Å². The van der Waals surface area contributed by atoms with Crippen LogP contribution < -0.4 is 20.1 Å². The zero-order valence-corrected chi connectivity index (χ0v) is 18.3. The number of fused-ring (bicyclic) bond motifs is 1. The van der Waals surface area contributed by atoms with Gasteiger partial charge in [0.2, 0.25) is 6.79 Å². The summed E-state index contributed by atoms with van der Waals surface area (Å²) in [7, 11) is 0. The van der Waals surface area contributed by atoms with Crippen molar-refractivity contribution in [3.63, 3.8) is 0 Å². The van der Waals surface area contributed by atoms with Crippen molar-refractivity contribution in [3.8, 4) is 11.5 Å². The lowest BCUT2D eigenvalue weighted by atomic mass is 10.0. The van der Waals surface area contributed by atoms with E-state index < -0.39 is 0 Å². The summed E-state index contributed by atoms with van der Waals surface area (Å²) in [6, 6.07) is 7.13. The molecular weight excluding hydrogens is 443 g/mol. The number of hydrogen-bond acceptors (Lipinski definition) is 4. The third kappa shape index (κ3) is 5.64. The van der Waals surface area contributed by atoms with E-state index in [1.807, 2.05) is 18.2 Å². The van der Waals surface area contributed by atoms with Crippen molar-refractivity contribution < 1.29 is 9.47 Å². The molecule has 0 spiro atoms. The van der Waals surface area contributed by atoms with Gasteiger partial charge >= 0.3 is 0 Å². The highest BCUT2D eigenvalue weighted by molar-refractivity contribution is 14.0. The first-order valence-corrected chi connectivity index (χ1v) is 9.33. The van der Waals surface area contributed by atoms with E-state index in [-0.39, 0.29) is 24.0 Å². The Kier molecular flexibility index (Phi) is 8.27. The van der Waals surface area contributed by atoms with Gasteiger partial charge in [-0.05, 0) is 51.3 Å². The van der Waals surface area contributed by atoms with Gasteiger partial charge in [0.05, 0.1) is 6.54 Å². The Morgan fingerprint density at radius 2 is 1.96 bits per heavy atom. The lowest BCUT2D eigenvalue weighted by molar-refractivity contribution is 0.167. The third-order valence-corrected chi connectivity index (χ3v) is 4.80. The summed E-state index contributed by atoms with van der Waals surface area (Å²) >= 11 is 0. The van der Waals surface area contributed by atoms with Crippen molar-refractivity contribution in [2.45, 2.75) is 52.2 Å². The molecule has 2 N–H and O–H groups in total. The first-order valence-electron chi connectivity index (χ1n) is 9.33. The maximum absolute atomic E-state index is 5.44. The maximum atomic E-state index is 5.44. The molecule has 7 heteroatoms. The van der Waals surface area contributed by atoms with Crippen molar-refractivity contribution in [2.75, 3.05) is 26.4 Å². The van der Waals surface area contributed by atoms with E-state index in [4.69, 9.17) is 14.5 Å². The normalized spacial score (nSPS) is 17.9. The quantitative estimate of drug-likeness (QED) is 0.391. The standard InChI is InChI=1S/C19H30N4O2.HI/c1-4-20-19(22-16-7-9-23(10-8-16)14(2)3)21-12-15-5-6-17-18(11-15)25-13-24-17;/h5-6,11,14,16H,4,7-10,12-13H2,1-3H3,(H2,20,21,22);1H. The van der Waals surface area contributed by atoms with Gasteiger partial charge < -0.3 is 25.0 Å². The molecule has 2 aliphatic heterocycles. The van der Waals surface area contributed by atoms with Crippen LogP contribution in [0.25, 0.3) is 0 Å². The molecule has 3 rings (SSSR count). The molecule has 0 atom stereocenters. The molecule has 0 saturated carbocycles. The van der Waals surface area contributed by atoms with E-state index in [1.54, 1.807) is 0 Å². The summed E-state index contributed by atoms with van der Waals surface area (Å²) in [6.45, 7) is 10.7. The smallest absolute Gasteiger partial charge is 0.231 e. The first kappa shape index (κ1) is 21.1. The van der Waals surface area contributed by atoms with E-state index in [0.717, 1.165) is 55.5 Å². The Labute approximate surface area is 173 Å². The summed E-state index contributed by atoms with van der Waals surface area (Å²) in [4.78, 5) is 7.28. The van der Waals surface area contributed by atoms with E-state index in [2.05, 4.69) is 36.3 Å². The number of ether oxygens (including phenoxy) is 2. The van der Waals surface area contributed by atoms with Crippen molar-refractivity contribution in [3.05, 3.63) is 23.8 Å². The zero-order chi connectivity index (χ0) is 17.6. The molecule has 26 heavy (non-hydrogen) atoms. The fourth-order valence-corrected chi connectivity index (χ4v) is 3.28. The fourth-order valence-electron chi connectivity index (χ4n) is 3.28. The number of guanidine groups is 1. The van der Waals surface area contributed by atoms with Crippen LogP contribution in [0.3, 0.4) is 0 Å². The Morgan fingerprint density at radius 3 is 2.65 bits per heavy atom. The number of aliphatic imine (C=N–C) groups is 1.